The van der Waals surface area contributed by atoms with E-state index in [-0.39, 0.29) is 0 Å². The molecule has 4 saturated carbocycles. The van der Waals surface area contributed by atoms with E-state index in [4.69, 9.17) is 0 Å². The standard InChI is InChI=1S/C15H20/c1-3-9-7-15-8-11(14(9)13(15)6-1)10-4-2-5-12(10)15/h1,3,9-14H,2,4-8H2. The molecule has 0 heteroatoms. The largest absolute Gasteiger partial charge is 0.0879 e. The van der Waals surface area contributed by atoms with Crippen molar-refractivity contribution in [1.82, 2.24) is 0 Å². The Kier molecular flexibility index (Phi) is 1.17. The number of allylic oxidation sites excluding steroid dienone is 2. The molecule has 0 amide bonds. The van der Waals surface area contributed by atoms with Crippen molar-refractivity contribution in [1.29, 1.82) is 0 Å². The second-order valence-corrected chi connectivity index (χ2v) is 7.02. The summed E-state index contributed by atoms with van der Waals surface area (Å²) in [6.45, 7) is 0. The summed E-state index contributed by atoms with van der Waals surface area (Å²) in [6.07, 6.45) is 14.5. The molecule has 80 valence electrons. The Morgan fingerprint density at radius 3 is 3.00 bits per heavy atom. The smallest absolute Gasteiger partial charge is 0.0194 e. The van der Waals surface area contributed by atoms with E-state index >= 15 is 0 Å². The van der Waals surface area contributed by atoms with Gasteiger partial charge in [-0.1, -0.05) is 18.6 Å². The van der Waals surface area contributed by atoms with Gasteiger partial charge in [0.2, 0.25) is 0 Å². The summed E-state index contributed by atoms with van der Waals surface area (Å²) in [4.78, 5) is 0. The molecule has 0 saturated heterocycles. The molecule has 4 fully saturated rings. The summed E-state index contributed by atoms with van der Waals surface area (Å²) < 4.78 is 0. The van der Waals surface area contributed by atoms with Crippen LogP contribution in [-0.4, -0.2) is 0 Å². The highest BCUT2D eigenvalue weighted by atomic mass is 14.8. The van der Waals surface area contributed by atoms with Crippen LogP contribution in [0, 0.1) is 40.9 Å². The minimum atomic E-state index is 0.866. The van der Waals surface area contributed by atoms with Crippen molar-refractivity contribution in [2.75, 3.05) is 0 Å². The maximum atomic E-state index is 2.59. The zero-order chi connectivity index (χ0) is 9.62. The van der Waals surface area contributed by atoms with Crippen molar-refractivity contribution in [3.63, 3.8) is 0 Å². The van der Waals surface area contributed by atoms with Crippen LogP contribution in [0.2, 0.25) is 0 Å². The monoisotopic (exact) mass is 200 g/mol. The number of hydrogen-bond donors (Lipinski definition) is 0. The summed E-state index contributed by atoms with van der Waals surface area (Å²) in [5, 5.41) is 0. The number of hydrogen-bond acceptors (Lipinski definition) is 0. The van der Waals surface area contributed by atoms with Gasteiger partial charge in [0.1, 0.15) is 0 Å². The summed E-state index contributed by atoms with van der Waals surface area (Å²) in [5.74, 6) is 6.84. The lowest BCUT2D eigenvalue weighted by Gasteiger charge is -2.40. The molecule has 0 aliphatic heterocycles. The van der Waals surface area contributed by atoms with Crippen LogP contribution in [0.3, 0.4) is 0 Å². The molecule has 0 radical (unpaired) electrons. The van der Waals surface area contributed by atoms with Crippen LogP contribution in [0.15, 0.2) is 12.2 Å². The van der Waals surface area contributed by atoms with E-state index in [0.717, 1.165) is 23.2 Å². The van der Waals surface area contributed by atoms with Gasteiger partial charge in [0.25, 0.3) is 0 Å². The molecule has 0 aromatic heterocycles. The third-order valence-corrected chi connectivity index (χ3v) is 7.05. The first-order valence-corrected chi connectivity index (χ1v) is 7.07. The lowest BCUT2D eigenvalue weighted by atomic mass is 9.65. The van der Waals surface area contributed by atoms with Gasteiger partial charge in [0, 0.05) is 0 Å². The molecular weight excluding hydrogens is 180 g/mol. The lowest BCUT2D eigenvalue weighted by molar-refractivity contribution is 0.0898. The molecule has 5 bridgehead atoms. The van der Waals surface area contributed by atoms with E-state index in [9.17, 15) is 0 Å². The van der Waals surface area contributed by atoms with Crippen LogP contribution in [0.5, 0.6) is 0 Å². The first kappa shape index (κ1) is 7.92. The van der Waals surface area contributed by atoms with Gasteiger partial charge in [-0.25, -0.2) is 0 Å². The fraction of sp³-hybridized carbons (Fsp3) is 0.867. The highest BCUT2D eigenvalue weighted by Crippen LogP contribution is 2.79. The number of fused-ring (bicyclic) bond motifs is 3. The van der Waals surface area contributed by atoms with Crippen LogP contribution < -0.4 is 0 Å². The predicted octanol–water partition coefficient (Wildman–Crippen LogP) is 3.63. The molecule has 7 atom stereocenters. The third-order valence-electron chi connectivity index (χ3n) is 7.05. The molecule has 5 rings (SSSR count). The van der Waals surface area contributed by atoms with E-state index in [0.29, 0.717) is 0 Å². The van der Waals surface area contributed by atoms with Gasteiger partial charge in [0.15, 0.2) is 0 Å². The highest BCUT2D eigenvalue weighted by molar-refractivity contribution is 5.26. The summed E-state index contributed by atoms with van der Waals surface area (Å²) in [6, 6.07) is 0. The molecule has 0 nitrogen and oxygen atoms in total. The van der Waals surface area contributed by atoms with Gasteiger partial charge in [0.05, 0.1) is 0 Å². The van der Waals surface area contributed by atoms with Gasteiger partial charge >= 0.3 is 0 Å². The molecule has 7 unspecified atom stereocenters. The molecule has 15 heavy (non-hydrogen) atoms. The quantitative estimate of drug-likeness (QED) is 0.524. The Labute approximate surface area is 92.1 Å². The molecule has 0 aromatic rings. The summed E-state index contributed by atoms with van der Waals surface area (Å²) >= 11 is 0. The Morgan fingerprint density at radius 1 is 1.00 bits per heavy atom. The van der Waals surface area contributed by atoms with Crippen molar-refractivity contribution < 1.29 is 0 Å². The average Bonchev–Trinajstić information content (AvgIpc) is 2.91. The van der Waals surface area contributed by atoms with Gasteiger partial charge in [-0.15, -0.1) is 0 Å². The number of rotatable bonds is 0. The fourth-order valence-electron chi connectivity index (χ4n) is 7.05. The Balaban J connectivity index is 1.71. The Morgan fingerprint density at radius 2 is 2.00 bits per heavy atom. The van der Waals surface area contributed by atoms with Crippen molar-refractivity contribution in [3.05, 3.63) is 12.2 Å². The third kappa shape index (κ3) is 0.656. The fourth-order valence-corrected chi connectivity index (χ4v) is 7.05. The van der Waals surface area contributed by atoms with Crippen molar-refractivity contribution in [2.45, 2.75) is 38.5 Å². The van der Waals surface area contributed by atoms with Crippen molar-refractivity contribution in [3.8, 4) is 0 Å². The van der Waals surface area contributed by atoms with Crippen LogP contribution in [-0.2, 0) is 0 Å². The molecule has 0 N–H and O–H groups in total. The van der Waals surface area contributed by atoms with Gasteiger partial charge < -0.3 is 0 Å². The summed E-state index contributed by atoms with van der Waals surface area (Å²) in [7, 11) is 0. The molecule has 0 aromatic carbocycles. The first-order chi connectivity index (χ1) is 7.40. The normalized spacial score (nSPS) is 67.7. The van der Waals surface area contributed by atoms with Crippen LogP contribution in [0.4, 0.5) is 0 Å². The maximum absolute atomic E-state index is 2.59. The van der Waals surface area contributed by atoms with Gasteiger partial charge in [-0.05, 0) is 73.0 Å². The molecule has 0 heterocycles. The first-order valence-electron chi connectivity index (χ1n) is 7.07. The van der Waals surface area contributed by atoms with E-state index in [1.54, 1.807) is 32.1 Å². The zero-order valence-corrected chi connectivity index (χ0v) is 9.36. The van der Waals surface area contributed by atoms with E-state index in [1.807, 2.05) is 0 Å². The van der Waals surface area contributed by atoms with E-state index in [2.05, 4.69) is 12.2 Å². The average molecular weight is 200 g/mol. The predicted molar refractivity (Wildman–Crippen MR) is 60.2 cm³/mol. The van der Waals surface area contributed by atoms with E-state index < -0.39 is 0 Å². The van der Waals surface area contributed by atoms with Crippen LogP contribution in [0.1, 0.15) is 38.5 Å². The molecule has 1 spiro atoms. The topological polar surface area (TPSA) is 0 Å². The Bertz CT molecular complexity index is 355. The lowest BCUT2D eigenvalue weighted by Crippen LogP contribution is -2.34. The minimum absolute atomic E-state index is 0.866. The van der Waals surface area contributed by atoms with E-state index in [1.165, 1.54) is 24.2 Å². The molecular formula is C15H20. The van der Waals surface area contributed by atoms with Crippen molar-refractivity contribution >= 4 is 0 Å². The van der Waals surface area contributed by atoms with Gasteiger partial charge in [-0.3, -0.25) is 0 Å². The molecule has 5 aliphatic rings. The SMILES string of the molecule is C1=CC2CC34CC(C5CCCC53)C2C4C1. The summed E-state index contributed by atoms with van der Waals surface area (Å²) in [5.41, 5.74) is 0.866. The molecule has 5 aliphatic carbocycles. The van der Waals surface area contributed by atoms with Crippen molar-refractivity contribution in [2.24, 2.45) is 40.9 Å². The maximum Gasteiger partial charge on any atom is -0.0194 e. The minimum Gasteiger partial charge on any atom is -0.0879 e. The second kappa shape index (κ2) is 2.21. The highest BCUT2D eigenvalue weighted by Gasteiger charge is 2.72. The Hall–Kier alpha value is -0.260. The zero-order valence-electron chi connectivity index (χ0n) is 9.36. The van der Waals surface area contributed by atoms with Crippen LogP contribution >= 0.6 is 0 Å². The van der Waals surface area contributed by atoms with Crippen LogP contribution in [0.25, 0.3) is 0 Å². The van der Waals surface area contributed by atoms with Gasteiger partial charge in [-0.2, -0.15) is 0 Å². The second-order valence-electron chi connectivity index (χ2n) is 7.02.